The SMILES string of the molecule is NC(Cc1cccc(CCF)c1)C(=O)O. The molecule has 3 N–H and O–H groups in total. The Balaban J connectivity index is 2.68. The van der Waals surface area contributed by atoms with Gasteiger partial charge in [0.15, 0.2) is 0 Å². The summed E-state index contributed by atoms with van der Waals surface area (Å²) in [5.41, 5.74) is 7.10. The second kappa shape index (κ2) is 5.46. The van der Waals surface area contributed by atoms with Gasteiger partial charge in [-0.25, -0.2) is 0 Å². The molecule has 1 atom stereocenters. The van der Waals surface area contributed by atoms with E-state index in [0.29, 0.717) is 6.42 Å². The molecule has 4 heteroatoms. The van der Waals surface area contributed by atoms with Crippen molar-refractivity contribution in [2.75, 3.05) is 6.67 Å². The third kappa shape index (κ3) is 3.67. The number of rotatable bonds is 5. The van der Waals surface area contributed by atoms with Crippen molar-refractivity contribution in [1.82, 2.24) is 0 Å². The van der Waals surface area contributed by atoms with Crippen LogP contribution in [0.25, 0.3) is 0 Å². The number of carboxylic acid groups (broad SMARTS) is 1. The van der Waals surface area contributed by atoms with Crippen LogP contribution < -0.4 is 5.73 Å². The standard InChI is InChI=1S/C11H14FNO2/c12-5-4-8-2-1-3-9(6-8)7-10(13)11(14)15/h1-3,6,10H,4-5,7,13H2,(H,14,15). The third-order valence-corrected chi connectivity index (χ3v) is 2.15. The lowest BCUT2D eigenvalue weighted by atomic mass is 10.0. The van der Waals surface area contributed by atoms with E-state index >= 15 is 0 Å². The van der Waals surface area contributed by atoms with Crippen LogP contribution in [0.5, 0.6) is 0 Å². The summed E-state index contributed by atoms with van der Waals surface area (Å²) >= 11 is 0. The molecule has 0 bridgehead atoms. The summed E-state index contributed by atoms with van der Waals surface area (Å²) in [4.78, 5) is 10.5. The molecule has 0 heterocycles. The average molecular weight is 211 g/mol. The van der Waals surface area contributed by atoms with E-state index in [-0.39, 0.29) is 6.42 Å². The molecule has 0 saturated heterocycles. The smallest absolute Gasteiger partial charge is 0.320 e. The number of hydrogen-bond acceptors (Lipinski definition) is 2. The van der Waals surface area contributed by atoms with Crippen LogP contribution in [0.2, 0.25) is 0 Å². The third-order valence-electron chi connectivity index (χ3n) is 2.15. The Morgan fingerprint density at radius 1 is 1.47 bits per heavy atom. The molecule has 0 fully saturated rings. The molecule has 15 heavy (non-hydrogen) atoms. The summed E-state index contributed by atoms with van der Waals surface area (Å²) < 4.78 is 12.1. The van der Waals surface area contributed by atoms with Crippen LogP contribution in [0.15, 0.2) is 24.3 Å². The number of halogens is 1. The maximum Gasteiger partial charge on any atom is 0.320 e. The first-order valence-corrected chi connectivity index (χ1v) is 4.75. The summed E-state index contributed by atoms with van der Waals surface area (Å²) in [5.74, 6) is -1.02. The first-order valence-electron chi connectivity index (χ1n) is 4.75. The van der Waals surface area contributed by atoms with Gasteiger partial charge < -0.3 is 10.8 Å². The number of carbonyl (C=O) groups is 1. The van der Waals surface area contributed by atoms with Crippen LogP contribution in [-0.2, 0) is 17.6 Å². The molecule has 3 nitrogen and oxygen atoms in total. The monoisotopic (exact) mass is 211 g/mol. The number of aryl methyl sites for hydroxylation is 1. The second-order valence-corrected chi connectivity index (χ2v) is 3.41. The predicted molar refractivity (Wildman–Crippen MR) is 55.4 cm³/mol. The zero-order chi connectivity index (χ0) is 11.3. The van der Waals surface area contributed by atoms with E-state index in [0.717, 1.165) is 11.1 Å². The highest BCUT2D eigenvalue weighted by Gasteiger charge is 2.11. The molecular weight excluding hydrogens is 197 g/mol. The zero-order valence-corrected chi connectivity index (χ0v) is 8.32. The highest BCUT2D eigenvalue weighted by atomic mass is 19.1. The van der Waals surface area contributed by atoms with Crippen molar-refractivity contribution in [2.45, 2.75) is 18.9 Å². The average Bonchev–Trinajstić information content (AvgIpc) is 2.18. The Bertz CT molecular complexity index is 341. The number of aliphatic carboxylic acids is 1. The first-order chi connectivity index (χ1) is 7.13. The van der Waals surface area contributed by atoms with Crippen LogP contribution >= 0.6 is 0 Å². The van der Waals surface area contributed by atoms with Crippen LogP contribution in [-0.4, -0.2) is 23.8 Å². The predicted octanol–water partition coefficient (Wildman–Crippen LogP) is 1.15. The van der Waals surface area contributed by atoms with Gasteiger partial charge in [0.1, 0.15) is 6.04 Å². The van der Waals surface area contributed by atoms with E-state index in [1.54, 1.807) is 18.2 Å². The van der Waals surface area contributed by atoms with Crippen molar-refractivity contribution in [3.8, 4) is 0 Å². The molecule has 0 spiro atoms. The number of carboxylic acids is 1. The van der Waals surface area contributed by atoms with Crippen LogP contribution in [0.3, 0.4) is 0 Å². The van der Waals surface area contributed by atoms with Crippen molar-refractivity contribution < 1.29 is 14.3 Å². The lowest BCUT2D eigenvalue weighted by Crippen LogP contribution is -2.32. The van der Waals surface area contributed by atoms with Gasteiger partial charge in [-0.2, -0.15) is 0 Å². The molecule has 82 valence electrons. The van der Waals surface area contributed by atoms with Crippen molar-refractivity contribution in [1.29, 1.82) is 0 Å². The van der Waals surface area contributed by atoms with E-state index in [1.165, 1.54) is 0 Å². The fourth-order valence-electron chi connectivity index (χ4n) is 1.36. The van der Waals surface area contributed by atoms with E-state index in [4.69, 9.17) is 10.8 Å². The number of hydrogen-bond donors (Lipinski definition) is 2. The summed E-state index contributed by atoms with van der Waals surface area (Å²) in [6, 6.07) is 6.29. The van der Waals surface area contributed by atoms with Gasteiger partial charge >= 0.3 is 5.97 Å². The lowest BCUT2D eigenvalue weighted by molar-refractivity contribution is -0.138. The van der Waals surface area contributed by atoms with Crippen molar-refractivity contribution in [2.24, 2.45) is 5.73 Å². The van der Waals surface area contributed by atoms with Crippen LogP contribution in [0.1, 0.15) is 11.1 Å². The summed E-state index contributed by atoms with van der Waals surface area (Å²) in [7, 11) is 0. The van der Waals surface area contributed by atoms with E-state index in [1.807, 2.05) is 6.07 Å². The van der Waals surface area contributed by atoms with Gasteiger partial charge in [-0.1, -0.05) is 24.3 Å². The maximum absolute atomic E-state index is 12.1. The van der Waals surface area contributed by atoms with Gasteiger partial charge in [0, 0.05) is 6.42 Å². The number of alkyl halides is 1. The topological polar surface area (TPSA) is 63.3 Å². The van der Waals surface area contributed by atoms with Gasteiger partial charge in [-0.05, 0) is 17.5 Å². The molecule has 0 aliphatic carbocycles. The van der Waals surface area contributed by atoms with Gasteiger partial charge in [-0.15, -0.1) is 0 Å². The Hall–Kier alpha value is -1.42. The summed E-state index contributed by atoms with van der Waals surface area (Å²) in [5, 5.41) is 8.63. The van der Waals surface area contributed by atoms with Crippen molar-refractivity contribution in [3.05, 3.63) is 35.4 Å². The molecule has 0 aliphatic rings. The van der Waals surface area contributed by atoms with Crippen LogP contribution in [0, 0.1) is 0 Å². The maximum atomic E-state index is 12.1. The highest BCUT2D eigenvalue weighted by Crippen LogP contribution is 2.08. The van der Waals surface area contributed by atoms with Crippen molar-refractivity contribution in [3.63, 3.8) is 0 Å². The Morgan fingerprint density at radius 3 is 2.73 bits per heavy atom. The highest BCUT2D eigenvalue weighted by molar-refractivity contribution is 5.73. The molecule has 1 unspecified atom stereocenters. The summed E-state index contributed by atoms with van der Waals surface area (Å²) in [6.45, 7) is -0.408. The van der Waals surface area contributed by atoms with Gasteiger partial charge in [0.25, 0.3) is 0 Å². The molecule has 1 aromatic carbocycles. The van der Waals surface area contributed by atoms with Gasteiger partial charge in [0.2, 0.25) is 0 Å². The van der Waals surface area contributed by atoms with Crippen molar-refractivity contribution >= 4 is 5.97 Å². The molecule has 0 radical (unpaired) electrons. The lowest BCUT2D eigenvalue weighted by Gasteiger charge is -2.07. The molecule has 0 aromatic heterocycles. The molecule has 0 aliphatic heterocycles. The minimum Gasteiger partial charge on any atom is -0.480 e. The van der Waals surface area contributed by atoms with Gasteiger partial charge in [-0.3, -0.25) is 9.18 Å². The number of nitrogens with two attached hydrogens (primary N) is 1. The molecule has 0 saturated carbocycles. The van der Waals surface area contributed by atoms with E-state index in [9.17, 15) is 9.18 Å². The summed E-state index contributed by atoms with van der Waals surface area (Å²) in [6.07, 6.45) is 0.631. The Kier molecular flexibility index (Phi) is 4.24. The molecule has 1 rings (SSSR count). The fraction of sp³-hybridized carbons (Fsp3) is 0.364. The normalized spacial score (nSPS) is 12.4. The minimum absolute atomic E-state index is 0.273. The largest absolute Gasteiger partial charge is 0.480 e. The fourth-order valence-corrected chi connectivity index (χ4v) is 1.36. The number of benzene rings is 1. The van der Waals surface area contributed by atoms with E-state index < -0.39 is 18.7 Å². The van der Waals surface area contributed by atoms with Gasteiger partial charge in [0.05, 0.1) is 6.67 Å². The minimum atomic E-state index is -1.02. The van der Waals surface area contributed by atoms with Crippen LogP contribution in [0.4, 0.5) is 4.39 Å². The zero-order valence-electron chi connectivity index (χ0n) is 8.32. The molecule has 0 amide bonds. The quantitative estimate of drug-likeness (QED) is 0.768. The van der Waals surface area contributed by atoms with E-state index in [2.05, 4.69) is 0 Å². The first kappa shape index (κ1) is 11.7. The Labute approximate surface area is 87.7 Å². The second-order valence-electron chi connectivity index (χ2n) is 3.41. The molecular formula is C11H14FNO2. The Morgan fingerprint density at radius 2 is 2.13 bits per heavy atom. The molecule has 1 aromatic rings.